The second-order valence-electron chi connectivity index (χ2n) is 4.78. The van der Waals surface area contributed by atoms with Crippen LogP contribution in [0.2, 0.25) is 0 Å². The van der Waals surface area contributed by atoms with E-state index in [1.165, 1.54) is 19.8 Å². The lowest BCUT2D eigenvalue weighted by Gasteiger charge is -2.16. The summed E-state index contributed by atoms with van der Waals surface area (Å²) in [7, 11) is 0. The van der Waals surface area contributed by atoms with Crippen molar-refractivity contribution in [3.63, 3.8) is 0 Å². The number of Topliss-reactive ketones (excluding diaryl/α,β-unsaturated/α-hetero) is 1. The van der Waals surface area contributed by atoms with E-state index < -0.39 is 6.04 Å². The maximum Gasteiger partial charge on any atom is 0.150 e. The lowest BCUT2D eigenvalue weighted by atomic mass is 10.0. The molecular formula is C15H24N2O. The Balaban J connectivity index is 2.67. The quantitative estimate of drug-likeness (QED) is 0.779. The Labute approximate surface area is 110 Å². The van der Waals surface area contributed by atoms with Gasteiger partial charge in [-0.15, -0.1) is 0 Å². The largest absolute Gasteiger partial charge is 0.385 e. The minimum absolute atomic E-state index is 0.00728. The Kier molecular flexibility index (Phi) is 5.86. The third-order valence-electron chi connectivity index (χ3n) is 3.43. The van der Waals surface area contributed by atoms with E-state index in [-0.39, 0.29) is 5.78 Å². The normalized spacial score (nSPS) is 12.5. The van der Waals surface area contributed by atoms with Crippen LogP contribution in [0.15, 0.2) is 24.3 Å². The van der Waals surface area contributed by atoms with Gasteiger partial charge in [-0.25, -0.2) is 0 Å². The zero-order chi connectivity index (χ0) is 13.5. The first kappa shape index (κ1) is 14.7. The predicted octanol–water partition coefficient (Wildman–Crippen LogP) is 3.12. The van der Waals surface area contributed by atoms with Crippen molar-refractivity contribution in [2.24, 2.45) is 11.7 Å². The standard InChI is InChI=1S/C15H24N2O/c1-4-12(5-2)10-17-14-8-6-7-13(9-14)15(16)11(3)18/h6-9,12,15,17H,4-5,10,16H2,1-3H3. The van der Waals surface area contributed by atoms with Gasteiger partial charge < -0.3 is 11.1 Å². The Bertz CT molecular complexity index is 386. The number of rotatable bonds is 7. The van der Waals surface area contributed by atoms with Crippen LogP contribution in [-0.4, -0.2) is 12.3 Å². The molecule has 3 nitrogen and oxygen atoms in total. The Hall–Kier alpha value is -1.35. The Morgan fingerprint density at radius 2 is 2.00 bits per heavy atom. The summed E-state index contributed by atoms with van der Waals surface area (Å²) in [4.78, 5) is 11.3. The summed E-state index contributed by atoms with van der Waals surface area (Å²) in [5.74, 6) is 0.683. The molecule has 1 atom stereocenters. The van der Waals surface area contributed by atoms with Crippen molar-refractivity contribution in [3.05, 3.63) is 29.8 Å². The highest BCUT2D eigenvalue weighted by Gasteiger charge is 2.11. The molecule has 18 heavy (non-hydrogen) atoms. The first-order chi connectivity index (χ1) is 8.58. The summed E-state index contributed by atoms with van der Waals surface area (Å²) >= 11 is 0. The van der Waals surface area contributed by atoms with Crippen molar-refractivity contribution in [1.82, 2.24) is 0 Å². The maximum absolute atomic E-state index is 11.3. The van der Waals surface area contributed by atoms with Crippen LogP contribution in [0.25, 0.3) is 0 Å². The molecule has 0 aromatic heterocycles. The number of anilines is 1. The summed E-state index contributed by atoms with van der Waals surface area (Å²) in [5, 5.41) is 3.41. The highest BCUT2D eigenvalue weighted by atomic mass is 16.1. The molecule has 0 spiro atoms. The fraction of sp³-hybridized carbons (Fsp3) is 0.533. The number of ketones is 1. The molecular weight excluding hydrogens is 224 g/mol. The predicted molar refractivity (Wildman–Crippen MR) is 76.6 cm³/mol. The number of nitrogens with two attached hydrogens (primary N) is 1. The molecule has 1 aromatic carbocycles. The lowest BCUT2D eigenvalue weighted by molar-refractivity contribution is -0.118. The number of benzene rings is 1. The summed E-state index contributed by atoms with van der Waals surface area (Å²) in [6.45, 7) is 6.90. The van der Waals surface area contributed by atoms with Crippen LogP contribution in [0, 0.1) is 5.92 Å². The molecule has 0 radical (unpaired) electrons. The fourth-order valence-electron chi connectivity index (χ4n) is 1.92. The molecule has 0 aliphatic rings. The van der Waals surface area contributed by atoms with E-state index in [4.69, 9.17) is 5.73 Å². The number of carbonyl (C=O) groups excluding carboxylic acids is 1. The molecule has 100 valence electrons. The van der Waals surface area contributed by atoms with Crippen LogP contribution in [0.5, 0.6) is 0 Å². The van der Waals surface area contributed by atoms with E-state index in [0.29, 0.717) is 5.92 Å². The monoisotopic (exact) mass is 248 g/mol. The highest BCUT2D eigenvalue weighted by molar-refractivity contribution is 5.82. The van der Waals surface area contributed by atoms with Crippen molar-refractivity contribution in [2.75, 3.05) is 11.9 Å². The fourth-order valence-corrected chi connectivity index (χ4v) is 1.92. The van der Waals surface area contributed by atoms with Crippen molar-refractivity contribution >= 4 is 11.5 Å². The lowest BCUT2D eigenvalue weighted by Crippen LogP contribution is -2.19. The van der Waals surface area contributed by atoms with Gasteiger partial charge in [0.2, 0.25) is 0 Å². The van der Waals surface area contributed by atoms with Gasteiger partial charge in [-0.05, 0) is 30.5 Å². The summed E-state index contributed by atoms with van der Waals surface area (Å²) in [6, 6.07) is 7.30. The summed E-state index contributed by atoms with van der Waals surface area (Å²) in [6.07, 6.45) is 2.35. The van der Waals surface area contributed by atoms with Gasteiger partial charge in [-0.2, -0.15) is 0 Å². The topological polar surface area (TPSA) is 55.1 Å². The van der Waals surface area contributed by atoms with E-state index in [2.05, 4.69) is 19.2 Å². The Morgan fingerprint density at radius 3 is 2.56 bits per heavy atom. The molecule has 0 heterocycles. The van der Waals surface area contributed by atoms with Gasteiger partial charge in [0, 0.05) is 12.2 Å². The van der Waals surface area contributed by atoms with Gasteiger partial charge >= 0.3 is 0 Å². The van der Waals surface area contributed by atoms with Gasteiger partial charge in [-0.3, -0.25) is 4.79 Å². The molecule has 3 heteroatoms. The smallest absolute Gasteiger partial charge is 0.150 e. The zero-order valence-corrected chi connectivity index (χ0v) is 11.6. The van der Waals surface area contributed by atoms with Crippen molar-refractivity contribution in [3.8, 4) is 0 Å². The third kappa shape index (κ3) is 4.15. The van der Waals surface area contributed by atoms with E-state index in [0.717, 1.165) is 17.8 Å². The van der Waals surface area contributed by atoms with Crippen molar-refractivity contribution in [2.45, 2.75) is 39.7 Å². The molecule has 0 aliphatic carbocycles. The minimum Gasteiger partial charge on any atom is -0.385 e. The molecule has 3 N–H and O–H groups in total. The van der Waals surface area contributed by atoms with E-state index in [1.54, 1.807) is 0 Å². The minimum atomic E-state index is -0.514. The molecule has 0 saturated carbocycles. The maximum atomic E-state index is 11.3. The average Bonchev–Trinajstić information content (AvgIpc) is 2.39. The van der Waals surface area contributed by atoms with E-state index >= 15 is 0 Å². The number of carbonyl (C=O) groups is 1. The first-order valence-corrected chi connectivity index (χ1v) is 6.68. The van der Waals surface area contributed by atoms with Gasteiger partial charge in [0.05, 0.1) is 6.04 Å². The van der Waals surface area contributed by atoms with Crippen LogP contribution < -0.4 is 11.1 Å². The number of nitrogens with one attached hydrogen (secondary N) is 1. The second kappa shape index (κ2) is 7.17. The van der Waals surface area contributed by atoms with Crippen LogP contribution in [0.3, 0.4) is 0 Å². The van der Waals surface area contributed by atoms with Crippen LogP contribution in [0.1, 0.15) is 45.2 Å². The van der Waals surface area contributed by atoms with Gasteiger partial charge in [0.1, 0.15) is 0 Å². The van der Waals surface area contributed by atoms with E-state index in [1.807, 2.05) is 24.3 Å². The molecule has 1 unspecified atom stereocenters. The second-order valence-corrected chi connectivity index (χ2v) is 4.78. The van der Waals surface area contributed by atoms with Crippen LogP contribution >= 0.6 is 0 Å². The Morgan fingerprint density at radius 1 is 1.33 bits per heavy atom. The molecule has 0 aliphatic heterocycles. The van der Waals surface area contributed by atoms with Crippen molar-refractivity contribution in [1.29, 1.82) is 0 Å². The summed E-state index contributed by atoms with van der Waals surface area (Å²) in [5.41, 5.74) is 7.75. The van der Waals surface area contributed by atoms with Gasteiger partial charge in [0.15, 0.2) is 5.78 Å². The van der Waals surface area contributed by atoms with E-state index in [9.17, 15) is 4.79 Å². The van der Waals surface area contributed by atoms with Crippen LogP contribution in [0.4, 0.5) is 5.69 Å². The third-order valence-corrected chi connectivity index (χ3v) is 3.43. The molecule has 0 bridgehead atoms. The molecule has 0 fully saturated rings. The van der Waals surface area contributed by atoms with Crippen LogP contribution in [-0.2, 0) is 4.79 Å². The zero-order valence-electron chi connectivity index (χ0n) is 11.6. The highest BCUT2D eigenvalue weighted by Crippen LogP contribution is 2.18. The summed E-state index contributed by atoms with van der Waals surface area (Å²) < 4.78 is 0. The SMILES string of the molecule is CCC(CC)CNc1cccc(C(N)C(C)=O)c1. The van der Waals surface area contributed by atoms with Gasteiger partial charge in [-0.1, -0.05) is 38.8 Å². The first-order valence-electron chi connectivity index (χ1n) is 6.68. The number of hydrogen-bond donors (Lipinski definition) is 2. The van der Waals surface area contributed by atoms with Crippen molar-refractivity contribution < 1.29 is 4.79 Å². The average molecular weight is 248 g/mol. The number of hydrogen-bond acceptors (Lipinski definition) is 3. The van der Waals surface area contributed by atoms with Gasteiger partial charge in [0.25, 0.3) is 0 Å². The molecule has 1 rings (SSSR count). The molecule has 0 amide bonds. The molecule has 0 saturated heterocycles. The molecule has 1 aromatic rings.